The number of hydrogen-bond donors (Lipinski definition) is 1. The molecule has 2 aromatic carbocycles. The molecule has 0 bridgehead atoms. The van der Waals surface area contributed by atoms with E-state index in [9.17, 15) is 0 Å². The van der Waals surface area contributed by atoms with Gasteiger partial charge < -0.3 is 15.0 Å². The summed E-state index contributed by atoms with van der Waals surface area (Å²) in [5, 5.41) is 3.76. The minimum atomic E-state index is 0.494. The predicted octanol–water partition coefficient (Wildman–Crippen LogP) is 3.69. The Morgan fingerprint density at radius 1 is 1.00 bits per heavy atom. The molecule has 0 saturated carbocycles. The van der Waals surface area contributed by atoms with Crippen molar-refractivity contribution in [3.63, 3.8) is 0 Å². The maximum Gasteiger partial charge on any atom is 0.0642 e. The lowest BCUT2D eigenvalue weighted by Gasteiger charge is -2.29. The summed E-state index contributed by atoms with van der Waals surface area (Å²) in [5.74, 6) is 0. The first kappa shape index (κ1) is 15.7. The standard InChI is InChI=1S/C21H26N2O/c1-2-6-20-18(4-1)5-3-7-21(20)22-16-17-8-10-19(11-9-17)23-12-14-24-15-13-23/h1-2,4,6,8-11,21-22H,3,5,7,12-16H2. The summed E-state index contributed by atoms with van der Waals surface area (Å²) < 4.78 is 5.43. The van der Waals surface area contributed by atoms with E-state index in [1.165, 1.54) is 41.6 Å². The molecule has 1 fully saturated rings. The van der Waals surface area contributed by atoms with Crippen LogP contribution in [0.3, 0.4) is 0 Å². The molecule has 2 aliphatic rings. The lowest BCUT2D eigenvalue weighted by molar-refractivity contribution is 0.122. The summed E-state index contributed by atoms with van der Waals surface area (Å²) in [4.78, 5) is 2.40. The first-order valence-electron chi connectivity index (χ1n) is 9.13. The van der Waals surface area contributed by atoms with Crippen molar-refractivity contribution in [1.29, 1.82) is 0 Å². The highest BCUT2D eigenvalue weighted by Crippen LogP contribution is 2.29. The maximum atomic E-state index is 5.43. The van der Waals surface area contributed by atoms with Crippen LogP contribution in [0.2, 0.25) is 0 Å². The first-order valence-corrected chi connectivity index (χ1v) is 9.13. The molecule has 1 N–H and O–H groups in total. The number of aryl methyl sites for hydroxylation is 1. The number of rotatable bonds is 4. The fraction of sp³-hybridized carbons (Fsp3) is 0.429. The Kier molecular flexibility index (Phi) is 4.81. The van der Waals surface area contributed by atoms with Crippen molar-refractivity contribution in [2.24, 2.45) is 0 Å². The molecule has 1 unspecified atom stereocenters. The van der Waals surface area contributed by atoms with Gasteiger partial charge in [0.2, 0.25) is 0 Å². The minimum absolute atomic E-state index is 0.494. The molecular formula is C21H26N2O. The van der Waals surface area contributed by atoms with Crippen LogP contribution in [-0.2, 0) is 17.7 Å². The molecule has 1 aliphatic carbocycles. The molecule has 1 atom stereocenters. The molecule has 2 aromatic rings. The summed E-state index contributed by atoms with van der Waals surface area (Å²) in [6.45, 7) is 4.60. The van der Waals surface area contributed by atoms with E-state index in [0.29, 0.717) is 6.04 Å². The Balaban J connectivity index is 1.38. The van der Waals surface area contributed by atoms with Gasteiger partial charge >= 0.3 is 0 Å². The number of anilines is 1. The maximum absolute atomic E-state index is 5.43. The number of benzene rings is 2. The van der Waals surface area contributed by atoms with Gasteiger partial charge in [0.1, 0.15) is 0 Å². The Morgan fingerprint density at radius 2 is 1.79 bits per heavy atom. The van der Waals surface area contributed by atoms with E-state index in [1.54, 1.807) is 0 Å². The molecule has 3 heteroatoms. The normalized spacial score (nSPS) is 20.7. The number of nitrogens with zero attached hydrogens (tertiary/aromatic N) is 1. The SMILES string of the molecule is c1ccc2c(c1)CCCC2NCc1ccc(N2CCOCC2)cc1. The molecule has 24 heavy (non-hydrogen) atoms. The van der Waals surface area contributed by atoms with Gasteiger partial charge in [0.05, 0.1) is 13.2 Å². The second-order valence-corrected chi connectivity index (χ2v) is 6.79. The fourth-order valence-corrected chi connectivity index (χ4v) is 3.85. The van der Waals surface area contributed by atoms with Crippen molar-refractivity contribution in [2.75, 3.05) is 31.2 Å². The summed E-state index contributed by atoms with van der Waals surface area (Å²) in [7, 11) is 0. The number of morpholine rings is 1. The minimum Gasteiger partial charge on any atom is -0.378 e. The van der Waals surface area contributed by atoms with Crippen LogP contribution in [0.4, 0.5) is 5.69 Å². The van der Waals surface area contributed by atoms with Gasteiger partial charge in [0.25, 0.3) is 0 Å². The van der Waals surface area contributed by atoms with E-state index in [0.717, 1.165) is 32.8 Å². The van der Waals surface area contributed by atoms with Crippen molar-refractivity contribution < 1.29 is 4.74 Å². The van der Waals surface area contributed by atoms with E-state index in [-0.39, 0.29) is 0 Å². The lowest BCUT2D eigenvalue weighted by Crippen LogP contribution is -2.36. The van der Waals surface area contributed by atoms with Gasteiger partial charge in [-0.05, 0) is 48.1 Å². The summed E-state index contributed by atoms with van der Waals surface area (Å²) >= 11 is 0. The molecular weight excluding hydrogens is 296 g/mol. The molecule has 0 amide bonds. The second kappa shape index (κ2) is 7.37. The van der Waals surface area contributed by atoms with Gasteiger partial charge in [-0.1, -0.05) is 36.4 Å². The van der Waals surface area contributed by atoms with E-state index in [2.05, 4.69) is 58.7 Å². The molecule has 1 aliphatic heterocycles. The van der Waals surface area contributed by atoms with E-state index in [4.69, 9.17) is 4.74 Å². The monoisotopic (exact) mass is 322 g/mol. The molecule has 0 spiro atoms. The van der Waals surface area contributed by atoms with Gasteiger partial charge in [-0.2, -0.15) is 0 Å². The van der Waals surface area contributed by atoms with Crippen molar-refractivity contribution in [1.82, 2.24) is 5.32 Å². The highest BCUT2D eigenvalue weighted by Gasteiger charge is 2.19. The van der Waals surface area contributed by atoms with Crippen molar-refractivity contribution >= 4 is 5.69 Å². The summed E-state index contributed by atoms with van der Waals surface area (Å²) in [6.07, 6.45) is 3.75. The van der Waals surface area contributed by atoms with Crippen LogP contribution in [-0.4, -0.2) is 26.3 Å². The van der Waals surface area contributed by atoms with Gasteiger partial charge in [-0.15, -0.1) is 0 Å². The zero-order valence-electron chi connectivity index (χ0n) is 14.2. The van der Waals surface area contributed by atoms with Crippen LogP contribution in [0.5, 0.6) is 0 Å². The molecule has 3 nitrogen and oxygen atoms in total. The molecule has 1 heterocycles. The Morgan fingerprint density at radius 3 is 2.62 bits per heavy atom. The number of nitrogens with one attached hydrogen (secondary N) is 1. The van der Waals surface area contributed by atoms with E-state index >= 15 is 0 Å². The van der Waals surface area contributed by atoms with Crippen molar-refractivity contribution in [3.05, 3.63) is 65.2 Å². The van der Waals surface area contributed by atoms with Gasteiger partial charge in [-0.25, -0.2) is 0 Å². The van der Waals surface area contributed by atoms with Crippen molar-refractivity contribution in [3.8, 4) is 0 Å². The van der Waals surface area contributed by atoms with Crippen LogP contribution in [0.25, 0.3) is 0 Å². The zero-order valence-corrected chi connectivity index (χ0v) is 14.2. The summed E-state index contributed by atoms with van der Waals surface area (Å²) in [5.41, 5.74) is 5.68. The summed E-state index contributed by atoms with van der Waals surface area (Å²) in [6, 6.07) is 18.4. The molecule has 0 aromatic heterocycles. The highest BCUT2D eigenvalue weighted by atomic mass is 16.5. The second-order valence-electron chi connectivity index (χ2n) is 6.79. The molecule has 1 saturated heterocycles. The van der Waals surface area contributed by atoms with Crippen LogP contribution < -0.4 is 10.2 Å². The lowest BCUT2D eigenvalue weighted by atomic mass is 9.87. The number of ether oxygens (including phenoxy) is 1. The number of hydrogen-bond acceptors (Lipinski definition) is 3. The smallest absolute Gasteiger partial charge is 0.0642 e. The topological polar surface area (TPSA) is 24.5 Å². The third-order valence-electron chi connectivity index (χ3n) is 5.23. The Hall–Kier alpha value is -1.84. The van der Waals surface area contributed by atoms with E-state index in [1.807, 2.05) is 0 Å². The van der Waals surface area contributed by atoms with Gasteiger partial charge in [-0.3, -0.25) is 0 Å². The highest BCUT2D eigenvalue weighted by molar-refractivity contribution is 5.48. The quantitative estimate of drug-likeness (QED) is 0.929. The molecule has 0 radical (unpaired) electrons. The average molecular weight is 322 g/mol. The average Bonchev–Trinajstić information content (AvgIpc) is 2.67. The zero-order chi connectivity index (χ0) is 16.2. The van der Waals surface area contributed by atoms with Crippen LogP contribution in [0.15, 0.2) is 48.5 Å². The first-order chi connectivity index (χ1) is 11.9. The van der Waals surface area contributed by atoms with Gasteiger partial charge in [0, 0.05) is 31.4 Å². The third-order valence-corrected chi connectivity index (χ3v) is 5.23. The van der Waals surface area contributed by atoms with Crippen molar-refractivity contribution in [2.45, 2.75) is 31.8 Å². The molecule has 126 valence electrons. The van der Waals surface area contributed by atoms with E-state index < -0.39 is 0 Å². The van der Waals surface area contributed by atoms with Crippen LogP contribution in [0, 0.1) is 0 Å². The Labute approximate surface area is 144 Å². The van der Waals surface area contributed by atoms with Gasteiger partial charge in [0.15, 0.2) is 0 Å². The third kappa shape index (κ3) is 3.47. The predicted molar refractivity (Wildman–Crippen MR) is 98.4 cm³/mol. The molecule has 4 rings (SSSR count). The largest absolute Gasteiger partial charge is 0.378 e. The Bertz CT molecular complexity index is 662. The number of fused-ring (bicyclic) bond motifs is 1. The van der Waals surface area contributed by atoms with Crippen LogP contribution >= 0.6 is 0 Å². The van der Waals surface area contributed by atoms with Crippen LogP contribution in [0.1, 0.15) is 35.6 Å². The fourth-order valence-electron chi connectivity index (χ4n) is 3.85.